The molecule has 0 spiro atoms. The van der Waals surface area contributed by atoms with Gasteiger partial charge in [-0.1, -0.05) is 48.5 Å². The molecule has 3 N–H and O–H groups in total. The Hall–Kier alpha value is -3.35. The lowest BCUT2D eigenvalue weighted by Gasteiger charge is -2.19. The summed E-state index contributed by atoms with van der Waals surface area (Å²) >= 11 is 0. The van der Waals surface area contributed by atoms with Crippen LogP contribution >= 0.6 is 0 Å². The third-order valence-electron chi connectivity index (χ3n) is 6.48. The van der Waals surface area contributed by atoms with Crippen molar-refractivity contribution in [3.05, 3.63) is 59.7 Å². The molecule has 174 valence electrons. The average molecular weight is 451 g/mol. The van der Waals surface area contributed by atoms with E-state index in [1.165, 1.54) is 11.1 Å². The van der Waals surface area contributed by atoms with Gasteiger partial charge in [0.25, 0.3) is 0 Å². The molecule has 1 fully saturated rings. The first-order chi connectivity index (χ1) is 15.9. The maximum absolute atomic E-state index is 12.5. The summed E-state index contributed by atoms with van der Waals surface area (Å²) in [5.41, 5.74) is 4.68. The zero-order chi connectivity index (χ0) is 23.4. The second-order valence-electron chi connectivity index (χ2n) is 9.07. The van der Waals surface area contributed by atoms with E-state index in [1.54, 1.807) is 6.92 Å². The smallest absolute Gasteiger partial charge is 0.407 e. The molecular formula is C26H30N2O5. The minimum atomic E-state index is -0.946. The SMILES string of the molecule is C[C@@H](CC(=O)O)NC(=O)CC(CNC(=O)OCC1c2ccccc2-c2ccccc21)C1CC1. The molecule has 0 radical (unpaired) electrons. The van der Waals surface area contributed by atoms with Crippen LogP contribution in [-0.4, -0.2) is 42.3 Å². The molecular weight excluding hydrogens is 420 g/mol. The summed E-state index contributed by atoms with van der Waals surface area (Å²) < 4.78 is 5.59. The summed E-state index contributed by atoms with van der Waals surface area (Å²) in [5.74, 6) is -0.709. The number of fused-ring (bicyclic) bond motifs is 3. The fourth-order valence-electron chi connectivity index (χ4n) is 4.72. The molecule has 2 aromatic carbocycles. The number of alkyl carbamates (subject to hydrolysis) is 1. The van der Waals surface area contributed by atoms with Crippen LogP contribution in [0.4, 0.5) is 4.79 Å². The number of hydrogen-bond donors (Lipinski definition) is 3. The number of carbonyl (C=O) groups excluding carboxylic acids is 2. The zero-order valence-electron chi connectivity index (χ0n) is 18.8. The molecule has 1 unspecified atom stereocenters. The lowest BCUT2D eigenvalue weighted by Crippen LogP contribution is -2.38. The molecule has 0 aromatic heterocycles. The van der Waals surface area contributed by atoms with E-state index in [1.807, 2.05) is 24.3 Å². The zero-order valence-corrected chi connectivity index (χ0v) is 18.8. The second kappa shape index (κ2) is 10.1. The minimum Gasteiger partial charge on any atom is -0.481 e. The molecule has 2 amide bonds. The fourth-order valence-corrected chi connectivity index (χ4v) is 4.72. The highest BCUT2D eigenvalue weighted by Crippen LogP contribution is 2.44. The normalized spacial score (nSPS) is 16.3. The maximum atomic E-state index is 12.5. The number of rotatable bonds is 10. The second-order valence-corrected chi connectivity index (χ2v) is 9.07. The Morgan fingerprint density at radius 2 is 1.61 bits per heavy atom. The molecule has 2 aromatic rings. The van der Waals surface area contributed by atoms with Gasteiger partial charge >= 0.3 is 12.1 Å². The van der Waals surface area contributed by atoms with Crippen molar-refractivity contribution in [2.24, 2.45) is 11.8 Å². The van der Waals surface area contributed by atoms with E-state index < -0.39 is 18.1 Å². The predicted octanol–water partition coefficient (Wildman–Crippen LogP) is 3.92. The monoisotopic (exact) mass is 450 g/mol. The Balaban J connectivity index is 1.28. The number of ether oxygens (including phenoxy) is 1. The van der Waals surface area contributed by atoms with Crippen LogP contribution in [0.1, 0.15) is 49.7 Å². The molecule has 2 aliphatic carbocycles. The van der Waals surface area contributed by atoms with Crippen LogP contribution in [-0.2, 0) is 14.3 Å². The summed E-state index contributed by atoms with van der Waals surface area (Å²) in [6, 6.07) is 16.0. The van der Waals surface area contributed by atoms with Gasteiger partial charge < -0.3 is 20.5 Å². The van der Waals surface area contributed by atoms with Crippen LogP contribution in [0, 0.1) is 11.8 Å². The van der Waals surface area contributed by atoms with Gasteiger partial charge in [0.1, 0.15) is 6.61 Å². The van der Waals surface area contributed by atoms with Crippen molar-refractivity contribution in [2.75, 3.05) is 13.2 Å². The fraction of sp³-hybridized carbons (Fsp3) is 0.423. The summed E-state index contributed by atoms with van der Waals surface area (Å²) in [6.45, 7) is 2.29. The number of amides is 2. The molecule has 4 rings (SSSR count). The van der Waals surface area contributed by atoms with Crippen LogP contribution in [0.2, 0.25) is 0 Å². The number of hydrogen-bond acceptors (Lipinski definition) is 4. The van der Waals surface area contributed by atoms with Crippen LogP contribution in [0.15, 0.2) is 48.5 Å². The Morgan fingerprint density at radius 1 is 1.00 bits per heavy atom. The summed E-state index contributed by atoms with van der Waals surface area (Å²) in [4.78, 5) is 35.6. The molecule has 2 atom stereocenters. The van der Waals surface area contributed by atoms with E-state index in [-0.39, 0.29) is 37.2 Å². The molecule has 0 aliphatic heterocycles. The van der Waals surface area contributed by atoms with Crippen LogP contribution in [0.3, 0.4) is 0 Å². The Kier molecular flexibility index (Phi) is 6.96. The van der Waals surface area contributed by atoms with E-state index in [2.05, 4.69) is 34.9 Å². The van der Waals surface area contributed by atoms with Gasteiger partial charge in [-0.15, -0.1) is 0 Å². The molecule has 2 aliphatic rings. The molecule has 7 heteroatoms. The topological polar surface area (TPSA) is 105 Å². The predicted molar refractivity (Wildman–Crippen MR) is 124 cm³/mol. The average Bonchev–Trinajstić information content (AvgIpc) is 3.57. The van der Waals surface area contributed by atoms with E-state index in [4.69, 9.17) is 9.84 Å². The summed E-state index contributed by atoms with van der Waals surface area (Å²) in [6.07, 6.45) is 1.74. The molecule has 0 saturated heterocycles. The maximum Gasteiger partial charge on any atom is 0.407 e. The lowest BCUT2D eigenvalue weighted by molar-refractivity contribution is -0.137. The number of benzene rings is 2. The number of nitrogens with one attached hydrogen (secondary N) is 2. The van der Waals surface area contributed by atoms with Crippen molar-refractivity contribution in [2.45, 2.75) is 44.6 Å². The highest BCUT2D eigenvalue weighted by molar-refractivity contribution is 5.79. The van der Waals surface area contributed by atoms with Crippen molar-refractivity contribution < 1.29 is 24.2 Å². The van der Waals surface area contributed by atoms with Crippen LogP contribution < -0.4 is 10.6 Å². The quantitative estimate of drug-likeness (QED) is 0.509. The molecule has 1 saturated carbocycles. The molecule has 0 heterocycles. The summed E-state index contributed by atoms with van der Waals surface area (Å²) in [7, 11) is 0. The molecule has 7 nitrogen and oxygen atoms in total. The Bertz CT molecular complexity index is 987. The molecule has 0 bridgehead atoms. The number of carbonyl (C=O) groups is 3. The lowest BCUT2D eigenvalue weighted by atomic mass is 9.98. The Morgan fingerprint density at radius 3 is 2.18 bits per heavy atom. The standard InChI is InChI=1S/C26H30N2O5/c1-16(12-25(30)31)28-24(29)13-18(17-10-11-17)14-27-26(32)33-15-23-21-8-4-2-6-19(21)20-7-3-5-9-22(20)23/h2-9,16-18,23H,10-15H2,1H3,(H,27,32)(H,28,29)(H,30,31)/t16-,18?/m0/s1. The van der Waals surface area contributed by atoms with Gasteiger partial charge in [-0.05, 0) is 53.9 Å². The first kappa shape index (κ1) is 22.8. The van der Waals surface area contributed by atoms with Gasteiger partial charge in [0.2, 0.25) is 5.91 Å². The Labute approximate surface area is 193 Å². The van der Waals surface area contributed by atoms with Crippen LogP contribution in [0.25, 0.3) is 11.1 Å². The van der Waals surface area contributed by atoms with Gasteiger partial charge in [-0.3, -0.25) is 9.59 Å². The number of carboxylic acids is 1. The largest absolute Gasteiger partial charge is 0.481 e. The first-order valence-corrected chi connectivity index (χ1v) is 11.5. The van der Waals surface area contributed by atoms with Crippen molar-refractivity contribution >= 4 is 18.0 Å². The number of aliphatic carboxylic acids is 1. The van der Waals surface area contributed by atoms with Gasteiger partial charge in [0.05, 0.1) is 6.42 Å². The van der Waals surface area contributed by atoms with E-state index >= 15 is 0 Å². The molecule has 33 heavy (non-hydrogen) atoms. The van der Waals surface area contributed by atoms with E-state index in [0.717, 1.165) is 24.0 Å². The minimum absolute atomic E-state index is 0.00359. The van der Waals surface area contributed by atoms with Crippen molar-refractivity contribution in [1.82, 2.24) is 10.6 Å². The number of carboxylic acid groups (broad SMARTS) is 1. The van der Waals surface area contributed by atoms with Gasteiger partial charge in [0, 0.05) is 24.9 Å². The van der Waals surface area contributed by atoms with Gasteiger partial charge in [0.15, 0.2) is 0 Å². The van der Waals surface area contributed by atoms with Crippen molar-refractivity contribution in [3.63, 3.8) is 0 Å². The van der Waals surface area contributed by atoms with Crippen LogP contribution in [0.5, 0.6) is 0 Å². The highest BCUT2D eigenvalue weighted by atomic mass is 16.5. The highest BCUT2D eigenvalue weighted by Gasteiger charge is 2.33. The summed E-state index contributed by atoms with van der Waals surface area (Å²) in [5, 5.41) is 14.4. The van der Waals surface area contributed by atoms with E-state index in [9.17, 15) is 14.4 Å². The van der Waals surface area contributed by atoms with E-state index in [0.29, 0.717) is 12.5 Å². The van der Waals surface area contributed by atoms with Gasteiger partial charge in [-0.2, -0.15) is 0 Å². The first-order valence-electron chi connectivity index (χ1n) is 11.5. The van der Waals surface area contributed by atoms with Crippen molar-refractivity contribution in [3.8, 4) is 11.1 Å². The van der Waals surface area contributed by atoms with Crippen molar-refractivity contribution in [1.29, 1.82) is 0 Å². The van der Waals surface area contributed by atoms with Gasteiger partial charge in [-0.25, -0.2) is 4.79 Å². The third-order valence-corrected chi connectivity index (χ3v) is 6.48. The third kappa shape index (κ3) is 5.72.